The Bertz CT molecular complexity index is 1120. The van der Waals surface area contributed by atoms with Crippen molar-refractivity contribution < 1.29 is 44.4 Å². The van der Waals surface area contributed by atoms with Crippen LogP contribution in [0.3, 0.4) is 0 Å². The number of carbonyl (C=O) groups is 5. The minimum absolute atomic E-state index is 0.0303. The van der Waals surface area contributed by atoms with E-state index in [9.17, 15) is 39.3 Å². The molecule has 0 fully saturated rings. The Morgan fingerprint density at radius 2 is 1.24 bits per heavy atom. The largest absolute Gasteiger partial charge is 0.508 e. The number of hydrogen-bond donors (Lipinski definition) is 8. The maximum Gasteiger partial charge on any atom is 0.326 e. The fourth-order valence-electron chi connectivity index (χ4n) is 3.25. The summed E-state index contributed by atoms with van der Waals surface area (Å²) in [5, 5.41) is 43.9. The van der Waals surface area contributed by atoms with E-state index in [-0.39, 0.29) is 24.3 Å². The molecule has 0 spiro atoms. The van der Waals surface area contributed by atoms with Gasteiger partial charge in [0.2, 0.25) is 17.7 Å². The number of carboxylic acids is 2. The Morgan fingerprint density at radius 3 is 1.73 bits per heavy atom. The van der Waals surface area contributed by atoms with Crippen LogP contribution in [-0.4, -0.2) is 74.8 Å². The number of hydrogen-bond acceptors (Lipinski definition) is 8. The smallest absolute Gasteiger partial charge is 0.326 e. The Labute approximate surface area is 211 Å². The first kappa shape index (κ1) is 28.6. The summed E-state index contributed by atoms with van der Waals surface area (Å²) in [6, 6.07) is 7.55. The predicted molar refractivity (Wildman–Crippen MR) is 128 cm³/mol. The average molecular weight is 517 g/mol. The molecule has 198 valence electrons. The molecule has 13 heteroatoms. The van der Waals surface area contributed by atoms with Gasteiger partial charge in [-0.2, -0.15) is 0 Å². The van der Waals surface area contributed by atoms with Gasteiger partial charge in [0.25, 0.3) is 0 Å². The highest BCUT2D eigenvalue weighted by Crippen LogP contribution is 2.12. The zero-order chi connectivity index (χ0) is 27.5. The molecule has 0 aliphatic heterocycles. The molecule has 3 amide bonds. The Balaban J connectivity index is 1.94. The molecule has 0 saturated heterocycles. The molecular formula is C24H28N4O9. The molecule has 2 aromatic rings. The van der Waals surface area contributed by atoms with Crippen LogP contribution in [0.15, 0.2) is 48.5 Å². The Kier molecular flexibility index (Phi) is 10.4. The van der Waals surface area contributed by atoms with Crippen molar-refractivity contribution in [2.75, 3.05) is 6.54 Å². The molecule has 0 aromatic heterocycles. The van der Waals surface area contributed by atoms with Gasteiger partial charge in [0, 0.05) is 6.42 Å². The zero-order valence-electron chi connectivity index (χ0n) is 19.6. The van der Waals surface area contributed by atoms with Gasteiger partial charge in [-0.15, -0.1) is 0 Å². The van der Waals surface area contributed by atoms with E-state index in [2.05, 4.69) is 16.0 Å². The third-order valence-electron chi connectivity index (χ3n) is 5.17. The number of aliphatic carboxylic acids is 2. The van der Waals surface area contributed by atoms with Crippen LogP contribution < -0.4 is 21.7 Å². The fraction of sp³-hybridized carbons (Fsp3) is 0.292. The van der Waals surface area contributed by atoms with Crippen LogP contribution in [0.4, 0.5) is 0 Å². The van der Waals surface area contributed by atoms with E-state index < -0.39 is 60.8 Å². The molecule has 0 heterocycles. The van der Waals surface area contributed by atoms with Gasteiger partial charge < -0.3 is 42.1 Å². The van der Waals surface area contributed by atoms with Crippen molar-refractivity contribution in [3.05, 3.63) is 59.7 Å². The lowest BCUT2D eigenvalue weighted by molar-refractivity contribution is -0.143. The quantitative estimate of drug-likeness (QED) is 0.159. The van der Waals surface area contributed by atoms with Crippen molar-refractivity contribution >= 4 is 29.7 Å². The highest BCUT2D eigenvalue weighted by Gasteiger charge is 2.28. The lowest BCUT2D eigenvalue weighted by Gasteiger charge is -2.21. The van der Waals surface area contributed by atoms with Crippen LogP contribution in [0.25, 0.3) is 0 Å². The third-order valence-corrected chi connectivity index (χ3v) is 5.17. The summed E-state index contributed by atoms with van der Waals surface area (Å²) in [7, 11) is 0. The predicted octanol–water partition coefficient (Wildman–Crippen LogP) is -1.14. The van der Waals surface area contributed by atoms with Crippen molar-refractivity contribution in [1.82, 2.24) is 16.0 Å². The molecule has 3 atom stereocenters. The number of phenols is 2. The molecule has 3 unspecified atom stereocenters. The summed E-state index contributed by atoms with van der Waals surface area (Å²) >= 11 is 0. The van der Waals surface area contributed by atoms with Crippen molar-refractivity contribution in [3.8, 4) is 11.5 Å². The number of carboxylic acid groups (broad SMARTS) is 2. The molecule has 0 saturated carbocycles. The van der Waals surface area contributed by atoms with E-state index in [1.165, 1.54) is 36.4 Å². The first-order valence-corrected chi connectivity index (χ1v) is 11.1. The van der Waals surface area contributed by atoms with Crippen molar-refractivity contribution in [1.29, 1.82) is 0 Å². The van der Waals surface area contributed by atoms with E-state index in [0.29, 0.717) is 11.1 Å². The molecule has 37 heavy (non-hydrogen) atoms. The van der Waals surface area contributed by atoms with Gasteiger partial charge in [-0.25, -0.2) is 4.79 Å². The second kappa shape index (κ2) is 13.4. The molecule has 0 aliphatic rings. The molecule has 0 bridgehead atoms. The SMILES string of the molecule is NC(Cc1ccc(O)cc1)C(=O)NCC(=O)NC(CC(=O)O)C(=O)NC(Cc1ccc(O)cc1)C(=O)O. The maximum atomic E-state index is 12.6. The van der Waals surface area contributed by atoms with E-state index in [0.717, 1.165) is 0 Å². The summed E-state index contributed by atoms with van der Waals surface area (Å²) < 4.78 is 0. The summed E-state index contributed by atoms with van der Waals surface area (Å²) in [6.45, 7) is -0.610. The zero-order valence-corrected chi connectivity index (χ0v) is 19.6. The van der Waals surface area contributed by atoms with E-state index in [4.69, 9.17) is 10.8 Å². The number of aromatic hydroxyl groups is 2. The third kappa shape index (κ3) is 9.85. The van der Waals surface area contributed by atoms with Crippen LogP contribution in [0, 0.1) is 0 Å². The number of rotatable bonds is 13. The summed E-state index contributed by atoms with van der Waals surface area (Å²) in [5.74, 6) is -5.41. The van der Waals surface area contributed by atoms with E-state index >= 15 is 0 Å². The van der Waals surface area contributed by atoms with Crippen molar-refractivity contribution in [2.24, 2.45) is 5.73 Å². The summed E-state index contributed by atoms with van der Waals surface area (Å²) in [6.07, 6.45) is -0.878. The topological polar surface area (TPSA) is 228 Å². The van der Waals surface area contributed by atoms with Gasteiger partial charge in [0.05, 0.1) is 19.0 Å². The number of phenolic OH excluding ortho intramolecular Hbond substituents is 2. The van der Waals surface area contributed by atoms with E-state index in [1.54, 1.807) is 12.1 Å². The van der Waals surface area contributed by atoms with Crippen LogP contribution in [-0.2, 0) is 36.8 Å². The highest BCUT2D eigenvalue weighted by molar-refractivity contribution is 5.94. The van der Waals surface area contributed by atoms with Crippen LogP contribution in [0.2, 0.25) is 0 Å². The second-order valence-electron chi connectivity index (χ2n) is 8.18. The number of nitrogens with two attached hydrogens (primary N) is 1. The molecule has 9 N–H and O–H groups in total. The first-order chi connectivity index (χ1) is 17.4. The standard InChI is InChI=1S/C24H28N4O9/c25-17(9-13-1-5-15(29)6-2-13)22(34)26-12-20(31)27-18(11-21(32)33)23(35)28-19(24(36)37)10-14-3-7-16(30)8-4-14/h1-8,17-19,29-30H,9-12,25H2,(H,26,34)(H,27,31)(H,28,35)(H,32,33)(H,36,37). The normalized spacial score (nSPS) is 13.0. The van der Waals surface area contributed by atoms with Crippen molar-refractivity contribution in [3.63, 3.8) is 0 Å². The molecule has 2 aromatic carbocycles. The van der Waals surface area contributed by atoms with E-state index in [1.807, 2.05) is 0 Å². The van der Waals surface area contributed by atoms with Crippen molar-refractivity contribution in [2.45, 2.75) is 37.4 Å². The van der Waals surface area contributed by atoms with Crippen LogP contribution in [0.1, 0.15) is 17.5 Å². The fourth-order valence-corrected chi connectivity index (χ4v) is 3.25. The first-order valence-electron chi connectivity index (χ1n) is 11.1. The monoisotopic (exact) mass is 516 g/mol. The summed E-state index contributed by atoms with van der Waals surface area (Å²) in [5.41, 5.74) is 6.98. The number of benzene rings is 2. The Morgan fingerprint density at radius 1 is 0.730 bits per heavy atom. The lowest BCUT2D eigenvalue weighted by atomic mass is 10.0. The Hall–Kier alpha value is -4.65. The molecule has 0 aliphatic carbocycles. The summed E-state index contributed by atoms with van der Waals surface area (Å²) in [4.78, 5) is 60.0. The number of nitrogens with one attached hydrogen (secondary N) is 3. The minimum atomic E-state index is -1.62. The average Bonchev–Trinajstić information content (AvgIpc) is 2.83. The highest BCUT2D eigenvalue weighted by atomic mass is 16.4. The molecule has 2 rings (SSSR count). The number of amides is 3. The number of carbonyl (C=O) groups excluding carboxylic acids is 3. The van der Waals surface area contributed by atoms with Gasteiger partial charge in [0.15, 0.2) is 0 Å². The van der Waals surface area contributed by atoms with Crippen LogP contribution >= 0.6 is 0 Å². The maximum absolute atomic E-state index is 12.6. The van der Waals surface area contributed by atoms with Gasteiger partial charge >= 0.3 is 11.9 Å². The second-order valence-corrected chi connectivity index (χ2v) is 8.18. The van der Waals surface area contributed by atoms with Gasteiger partial charge in [-0.05, 0) is 41.8 Å². The van der Waals surface area contributed by atoms with Gasteiger partial charge in [0.1, 0.15) is 23.6 Å². The molecule has 0 radical (unpaired) electrons. The van der Waals surface area contributed by atoms with Gasteiger partial charge in [-0.3, -0.25) is 19.2 Å². The minimum Gasteiger partial charge on any atom is -0.508 e. The molecular weight excluding hydrogens is 488 g/mol. The van der Waals surface area contributed by atoms with Crippen LogP contribution in [0.5, 0.6) is 11.5 Å². The van der Waals surface area contributed by atoms with Gasteiger partial charge in [-0.1, -0.05) is 24.3 Å². The lowest BCUT2D eigenvalue weighted by Crippen LogP contribution is -2.54. The molecule has 13 nitrogen and oxygen atoms in total.